The summed E-state index contributed by atoms with van der Waals surface area (Å²) in [6.07, 6.45) is -4.48. The number of alkyl halides is 3. The van der Waals surface area contributed by atoms with Crippen LogP contribution in [0.15, 0.2) is 57.9 Å². The average Bonchev–Trinajstić information content (AvgIpc) is 3.29. The largest absolute Gasteiger partial charge is 0.416 e. The van der Waals surface area contributed by atoms with Crippen molar-refractivity contribution in [2.75, 3.05) is 26.2 Å². The van der Waals surface area contributed by atoms with Crippen LogP contribution in [-0.2, 0) is 16.2 Å². The van der Waals surface area contributed by atoms with E-state index in [9.17, 15) is 26.0 Å². The summed E-state index contributed by atoms with van der Waals surface area (Å²) in [4.78, 5) is 6.21. The Balaban J connectivity index is 1.43. The Kier molecular flexibility index (Phi) is 6.25. The van der Waals surface area contributed by atoms with Gasteiger partial charge in [-0.05, 0) is 43.3 Å². The Hall–Kier alpha value is -2.83. The third-order valence-corrected chi connectivity index (χ3v) is 7.43. The predicted octanol–water partition coefficient (Wildman–Crippen LogP) is 3.96. The Morgan fingerprint density at radius 2 is 1.70 bits per heavy atom. The Labute approximate surface area is 187 Å². The topological polar surface area (TPSA) is 79.5 Å². The molecule has 1 atom stereocenters. The molecule has 7 nitrogen and oxygen atoms in total. The molecule has 33 heavy (non-hydrogen) atoms. The van der Waals surface area contributed by atoms with Gasteiger partial charge in [-0.1, -0.05) is 17.3 Å². The van der Waals surface area contributed by atoms with Gasteiger partial charge in [0.25, 0.3) is 0 Å². The van der Waals surface area contributed by atoms with Gasteiger partial charge in [-0.2, -0.15) is 22.5 Å². The second kappa shape index (κ2) is 8.84. The van der Waals surface area contributed by atoms with Crippen molar-refractivity contribution in [1.82, 2.24) is 19.3 Å². The molecule has 12 heteroatoms. The first-order valence-corrected chi connectivity index (χ1v) is 11.5. The summed E-state index contributed by atoms with van der Waals surface area (Å²) in [5.74, 6) is -0.255. The van der Waals surface area contributed by atoms with Gasteiger partial charge >= 0.3 is 6.18 Å². The molecule has 1 fully saturated rings. The van der Waals surface area contributed by atoms with Gasteiger partial charge in [0.1, 0.15) is 5.82 Å². The molecule has 2 aromatic carbocycles. The fraction of sp³-hybridized carbons (Fsp3) is 0.333. The zero-order chi connectivity index (χ0) is 23.8. The maximum Gasteiger partial charge on any atom is 0.416 e. The van der Waals surface area contributed by atoms with Crippen LogP contribution in [0.1, 0.15) is 24.4 Å². The molecule has 4 rings (SSSR count). The Morgan fingerprint density at radius 1 is 1.03 bits per heavy atom. The SMILES string of the molecule is C[C@@H](c1nc(-c2cccc(C(F)(F)F)c2)no1)N1CCN(S(=O)(=O)c2ccc(F)cc2)CC1. The van der Waals surface area contributed by atoms with Gasteiger partial charge in [0.2, 0.25) is 21.7 Å². The first-order valence-electron chi connectivity index (χ1n) is 10.1. The first kappa shape index (κ1) is 23.3. The van der Waals surface area contributed by atoms with Crippen molar-refractivity contribution in [1.29, 1.82) is 0 Å². The summed E-state index contributed by atoms with van der Waals surface area (Å²) in [6, 6.07) is 8.95. The van der Waals surface area contributed by atoms with Crippen LogP contribution in [0.5, 0.6) is 0 Å². The smallest absolute Gasteiger partial charge is 0.337 e. The first-order chi connectivity index (χ1) is 15.6. The van der Waals surface area contributed by atoms with E-state index in [1.807, 2.05) is 4.90 Å². The molecule has 1 aromatic heterocycles. The Morgan fingerprint density at radius 3 is 2.33 bits per heavy atom. The lowest BCUT2D eigenvalue weighted by Gasteiger charge is -2.36. The molecule has 3 aromatic rings. The molecule has 1 aliphatic heterocycles. The molecular weight excluding hydrogens is 464 g/mol. The second-order valence-corrected chi connectivity index (χ2v) is 9.54. The zero-order valence-electron chi connectivity index (χ0n) is 17.5. The molecule has 1 aliphatic rings. The number of rotatable bonds is 5. The average molecular weight is 484 g/mol. The molecule has 0 unspecified atom stereocenters. The number of aromatic nitrogens is 2. The minimum absolute atomic E-state index is 0.0213. The summed E-state index contributed by atoms with van der Waals surface area (Å²) >= 11 is 0. The lowest BCUT2D eigenvalue weighted by molar-refractivity contribution is -0.137. The number of hydrogen-bond acceptors (Lipinski definition) is 6. The van der Waals surface area contributed by atoms with Crippen molar-refractivity contribution in [2.45, 2.75) is 24.0 Å². The number of halogens is 4. The van der Waals surface area contributed by atoms with Crippen LogP contribution in [0, 0.1) is 5.82 Å². The van der Waals surface area contributed by atoms with Crippen molar-refractivity contribution in [3.8, 4) is 11.4 Å². The molecular formula is C21H20F4N4O3S. The van der Waals surface area contributed by atoms with Gasteiger partial charge in [0.05, 0.1) is 16.5 Å². The van der Waals surface area contributed by atoms with Gasteiger partial charge in [0.15, 0.2) is 0 Å². The van der Waals surface area contributed by atoms with E-state index in [-0.39, 0.29) is 41.3 Å². The monoisotopic (exact) mass is 484 g/mol. The summed E-state index contributed by atoms with van der Waals surface area (Å²) in [5, 5.41) is 3.81. The summed E-state index contributed by atoms with van der Waals surface area (Å²) < 4.78 is 84.2. The van der Waals surface area contributed by atoms with E-state index in [0.29, 0.717) is 13.1 Å². The number of benzene rings is 2. The normalized spacial score (nSPS) is 17.2. The van der Waals surface area contributed by atoms with Crippen molar-refractivity contribution < 1.29 is 30.5 Å². The fourth-order valence-electron chi connectivity index (χ4n) is 3.60. The minimum atomic E-state index is -4.48. The van der Waals surface area contributed by atoms with Crippen molar-refractivity contribution >= 4 is 10.0 Å². The molecule has 0 radical (unpaired) electrons. The number of nitrogens with zero attached hydrogens (tertiary/aromatic N) is 4. The van der Waals surface area contributed by atoms with Crippen LogP contribution in [0.25, 0.3) is 11.4 Å². The lowest BCUT2D eigenvalue weighted by atomic mass is 10.1. The highest BCUT2D eigenvalue weighted by atomic mass is 32.2. The van der Waals surface area contributed by atoms with Crippen LogP contribution < -0.4 is 0 Å². The number of hydrogen-bond donors (Lipinski definition) is 0. The maximum absolute atomic E-state index is 13.1. The molecule has 2 heterocycles. The highest BCUT2D eigenvalue weighted by Crippen LogP contribution is 2.32. The van der Waals surface area contributed by atoms with Gasteiger partial charge in [0, 0.05) is 31.7 Å². The van der Waals surface area contributed by atoms with E-state index >= 15 is 0 Å². The van der Waals surface area contributed by atoms with Crippen LogP contribution >= 0.6 is 0 Å². The van der Waals surface area contributed by atoms with Crippen molar-refractivity contribution in [2.24, 2.45) is 0 Å². The minimum Gasteiger partial charge on any atom is -0.337 e. The van der Waals surface area contributed by atoms with Gasteiger partial charge < -0.3 is 4.52 Å². The number of sulfonamides is 1. The summed E-state index contributed by atoms with van der Waals surface area (Å²) in [7, 11) is -3.74. The fourth-order valence-corrected chi connectivity index (χ4v) is 5.02. The molecule has 0 spiro atoms. The van der Waals surface area contributed by atoms with Crippen molar-refractivity contribution in [3.63, 3.8) is 0 Å². The van der Waals surface area contributed by atoms with Crippen molar-refractivity contribution in [3.05, 3.63) is 65.8 Å². The Bertz CT molecular complexity index is 1220. The predicted molar refractivity (Wildman–Crippen MR) is 110 cm³/mol. The van der Waals surface area contributed by atoms with E-state index in [1.54, 1.807) is 6.92 Å². The van der Waals surface area contributed by atoms with Gasteiger partial charge in [-0.25, -0.2) is 12.8 Å². The summed E-state index contributed by atoms with van der Waals surface area (Å²) in [6.45, 7) is 2.97. The second-order valence-electron chi connectivity index (χ2n) is 7.60. The van der Waals surface area contributed by atoms with Gasteiger partial charge in [-0.15, -0.1) is 0 Å². The van der Waals surface area contributed by atoms with Crippen LogP contribution in [0.2, 0.25) is 0 Å². The molecule has 0 N–H and O–H groups in total. The zero-order valence-corrected chi connectivity index (χ0v) is 18.3. The molecule has 0 saturated carbocycles. The summed E-state index contributed by atoms with van der Waals surface area (Å²) in [5.41, 5.74) is -0.625. The highest BCUT2D eigenvalue weighted by Gasteiger charge is 2.33. The van der Waals surface area contributed by atoms with Crippen LogP contribution in [-0.4, -0.2) is 53.9 Å². The van der Waals surface area contributed by atoms with E-state index in [4.69, 9.17) is 4.52 Å². The van der Waals surface area contributed by atoms with E-state index in [1.165, 1.54) is 28.6 Å². The molecule has 1 saturated heterocycles. The van der Waals surface area contributed by atoms with E-state index in [2.05, 4.69) is 10.1 Å². The van der Waals surface area contributed by atoms with E-state index in [0.717, 1.165) is 24.3 Å². The number of piperazine rings is 1. The quantitative estimate of drug-likeness (QED) is 0.510. The molecule has 0 aliphatic carbocycles. The lowest BCUT2D eigenvalue weighted by Crippen LogP contribution is -2.49. The maximum atomic E-state index is 13.1. The molecule has 0 bridgehead atoms. The van der Waals surface area contributed by atoms with Crippen LogP contribution in [0.4, 0.5) is 17.6 Å². The van der Waals surface area contributed by atoms with E-state index < -0.39 is 27.6 Å². The van der Waals surface area contributed by atoms with Gasteiger partial charge in [-0.3, -0.25) is 4.90 Å². The molecule has 176 valence electrons. The van der Waals surface area contributed by atoms with Crippen LogP contribution in [0.3, 0.4) is 0 Å². The standard InChI is InChI=1S/C21H20F4N4O3S/c1-14(20-26-19(27-32-20)15-3-2-4-16(13-15)21(23,24)25)28-9-11-29(12-10-28)33(30,31)18-7-5-17(22)6-8-18/h2-8,13-14H,9-12H2,1H3/t14-/m0/s1. The highest BCUT2D eigenvalue weighted by molar-refractivity contribution is 7.89. The molecule has 0 amide bonds. The third kappa shape index (κ3) is 4.92. The third-order valence-electron chi connectivity index (χ3n) is 5.52.